The smallest absolute Gasteiger partial charge is 0.190 e. The maximum Gasteiger partial charge on any atom is 0.190 e. The number of hydrogen-bond donors (Lipinski definition) is 2. The highest BCUT2D eigenvalue weighted by Gasteiger charge is 2.16. The molecule has 2 atom stereocenters. The zero-order valence-corrected chi connectivity index (χ0v) is 16.5. The molecular formula is C21H35N3O2. The van der Waals surface area contributed by atoms with Gasteiger partial charge in [-0.2, -0.15) is 0 Å². The topological polar surface area (TPSA) is 54.9 Å². The first-order valence-electron chi connectivity index (χ1n) is 9.89. The summed E-state index contributed by atoms with van der Waals surface area (Å²) in [5.74, 6) is 1.88. The number of aliphatic imine (C=N–C) groups is 1. The van der Waals surface area contributed by atoms with E-state index in [2.05, 4.69) is 59.8 Å². The van der Waals surface area contributed by atoms with Crippen LogP contribution in [0, 0.1) is 5.92 Å². The minimum Gasteiger partial charge on any atom is -0.379 e. The van der Waals surface area contributed by atoms with E-state index in [0.717, 1.165) is 58.1 Å². The van der Waals surface area contributed by atoms with Gasteiger partial charge in [-0.1, -0.05) is 44.2 Å². The van der Waals surface area contributed by atoms with Crippen LogP contribution in [0.2, 0.25) is 0 Å². The highest BCUT2D eigenvalue weighted by atomic mass is 16.5. The minimum absolute atomic E-state index is 0.309. The van der Waals surface area contributed by atoms with Crippen LogP contribution in [0.1, 0.15) is 44.6 Å². The summed E-state index contributed by atoms with van der Waals surface area (Å²) in [5.41, 5.74) is 1.37. The van der Waals surface area contributed by atoms with Gasteiger partial charge in [0.05, 0.1) is 12.7 Å². The zero-order valence-electron chi connectivity index (χ0n) is 16.5. The summed E-state index contributed by atoms with van der Waals surface area (Å²) in [6, 6.07) is 10.7. The van der Waals surface area contributed by atoms with Gasteiger partial charge in [-0.25, -0.2) is 0 Å². The second-order valence-corrected chi connectivity index (χ2v) is 7.20. The predicted octanol–water partition coefficient (Wildman–Crippen LogP) is 3.18. The summed E-state index contributed by atoms with van der Waals surface area (Å²) in [5, 5.41) is 6.83. The van der Waals surface area contributed by atoms with Crippen LogP contribution >= 0.6 is 0 Å². The molecule has 5 nitrogen and oxygen atoms in total. The number of hydrogen-bond acceptors (Lipinski definition) is 3. The van der Waals surface area contributed by atoms with Gasteiger partial charge in [0.2, 0.25) is 0 Å². The van der Waals surface area contributed by atoms with E-state index in [1.165, 1.54) is 5.56 Å². The number of guanidine groups is 1. The lowest BCUT2D eigenvalue weighted by atomic mass is 9.88. The van der Waals surface area contributed by atoms with Crippen molar-refractivity contribution in [2.75, 3.05) is 40.0 Å². The lowest BCUT2D eigenvalue weighted by molar-refractivity contribution is 0.0168. The van der Waals surface area contributed by atoms with Crippen molar-refractivity contribution in [3.05, 3.63) is 35.9 Å². The lowest BCUT2D eigenvalue weighted by Crippen LogP contribution is -2.40. The molecule has 0 spiro atoms. The maximum absolute atomic E-state index is 5.70. The second kappa shape index (κ2) is 11.9. The van der Waals surface area contributed by atoms with Crippen molar-refractivity contribution in [1.82, 2.24) is 10.6 Å². The van der Waals surface area contributed by atoms with E-state index in [0.29, 0.717) is 17.9 Å². The van der Waals surface area contributed by atoms with Crippen molar-refractivity contribution in [3.8, 4) is 0 Å². The molecule has 2 N–H and O–H groups in total. The Labute approximate surface area is 158 Å². The molecule has 1 aromatic rings. The van der Waals surface area contributed by atoms with Crippen LogP contribution < -0.4 is 10.6 Å². The van der Waals surface area contributed by atoms with Crippen molar-refractivity contribution >= 4 is 5.96 Å². The summed E-state index contributed by atoms with van der Waals surface area (Å²) >= 11 is 0. The van der Waals surface area contributed by atoms with E-state index in [-0.39, 0.29) is 0 Å². The predicted molar refractivity (Wildman–Crippen MR) is 108 cm³/mol. The number of ether oxygens (including phenoxy) is 2. The third kappa shape index (κ3) is 7.34. The first-order valence-corrected chi connectivity index (χ1v) is 9.89. The first kappa shape index (κ1) is 20.7. The molecular weight excluding hydrogens is 326 g/mol. The Kier molecular flexibility index (Phi) is 9.50. The zero-order chi connectivity index (χ0) is 18.6. The highest BCUT2D eigenvalue weighted by Crippen LogP contribution is 2.23. The fourth-order valence-electron chi connectivity index (χ4n) is 3.24. The van der Waals surface area contributed by atoms with Crippen LogP contribution in [0.15, 0.2) is 35.3 Å². The average molecular weight is 362 g/mol. The number of rotatable bonds is 10. The molecule has 2 rings (SSSR count). The van der Waals surface area contributed by atoms with Crippen LogP contribution in [-0.4, -0.2) is 52.0 Å². The van der Waals surface area contributed by atoms with Crippen LogP contribution in [0.4, 0.5) is 0 Å². The molecule has 0 saturated carbocycles. The quantitative estimate of drug-likeness (QED) is 0.382. The Balaban J connectivity index is 1.63. The van der Waals surface area contributed by atoms with Gasteiger partial charge in [0, 0.05) is 39.3 Å². The summed E-state index contributed by atoms with van der Waals surface area (Å²) in [7, 11) is 1.82. The normalized spacial score (nSPS) is 18.9. The Morgan fingerprint density at radius 1 is 1.27 bits per heavy atom. The molecule has 1 aromatic carbocycles. The van der Waals surface area contributed by atoms with Crippen molar-refractivity contribution in [1.29, 1.82) is 0 Å². The van der Waals surface area contributed by atoms with Gasteiger partial charge in [-0.15, -0.1) is 0 Å². The molecule has 26 heavy (non-hydrogen) atoms. The molecule has 0 aromatic heterocycles. The van der Waals surface area contributed by atoms with Crippen molar-refractivity contribution in [3.63, 3.8) is 0 Å². The van der Waals surface area contributed by atoms with Crippen LogP contribution in [0.25, 0.3) is 0 Å². The van der Waals surface area contributed by atoms with Gasteiger partial charge in [0.1, 0.15) is 0 Å². The summed E-state index contributed by atoms with van der Waals surface area (Å²) in [6.45, 7) is 8.61. The second-order valence-electron chi connectivity index (χ2n) is 7.20. The molecule has 2 unspecified atom stereocenters. The Hall–Kier alpha value is -1.59. The molecule has 1 aliphatic rings. The Morgan fingerprint density at radius 2 is 2.08 bits per heavy atom. The first-order chi connectivity index (χ1) is 12.7. The summed E-state index contributed by atoms with van der Waals surface area (Å²) in [6.07, 6.45) is 3.56. The highest BCUT2D eigenvalue weighted by molar-refractivity contribution is 5.79. The van der Waals surface area contributed by atoms with Crippen molar-refractivity contribution in [2.45, 2.75) is 45.1 Å². The SMILES string of the molecule is CN=C(NCCCOCC1CCCO1)NCC(c1ccccc1)C(C)C. The van der Waals surface area contributed by atoms with Gasteiger partial charge in [0.15, 0.2) is 5.96 Å². The van der Waals surface area contributed by atoms with E-state index in [1.54, 1.807) is 0 Å². The molecule has 0 radical (unpaired) electrons. The van der Waals surface area contributed by atoms with E-state index < -0.39 is 0 Å². The summed E-state index contributed by atoms with van der Waals surface area (Å²) in [4.78, 5) is 4.33. The van der Waals surface area contributed by atoms with Gasteiger partial charge in [0.25, 0.3) is 0 Å². The fourth-order valence-corrected chi connectivity index (χ4v) is 3.24. The minimum atomic E-state index is 0.309. The van der Waals surface area contributed by atoms with Crippen molar-refractivity contribution in [2.24, 2.45) is 10.9 Å². The van der Waals surface area contributed by atoms with Crippen LogP contribution in [-0.2, 0) is 9.47 Å². The van der Waals surface area contributed by atoms with E-state index in [1.807, 2.05) is 7.05 Å². The molecule has 1 saturated heterocycles. The molecule has 0 amide bonds. The Morgan fingerprint density at radius 3 is 2.73 bits per heavy atom. The number of nitrogens with one attached hydrogen (secondary N) is 2. The number of nitrogens with zero attached hydrogens (tertiary/aromatic N) is 1. The third-order valence-corrected chi connectivity index (χ3v) is 4.83. The molecule has 146 valence electrons. The van der Waals surface area contributed by atoms with Gasteiger partial charge < -0.3 is 20.1 Å². The van der Waals surface area contributed by atoms with Gasteiger partial charge in [-0.3, -0.25) is 4.99 Å². The standard InChI is InChI=1S/C21H35N3O2/c1-17(2)20(18-9-5-4-6-10-18)15-24-21(22-3)23-12-8-13-25-16-19-11-7-14-26-19/h4-6,9-10,17,19-20H,7-8,11-16H2,1-3H3,(H2,22,23,24). The lowest BCUT2D eigenvalue weighted by Gasteiger charge is -2.23. The van der Waals surface area contributed by atoms with Gasteiger partial charge in [-0.05, 0) is 30.7 Å². The molecule has 0 aliphatic carbocycles. The molecule has 1 heterocycles. The number of benzene rings is 1. The maximum atomic E-state index is 5.70. The van der Waals surface area contributed by atoms with Crippen molar-refractivity contribution < 1.29 is 9.47 Å². The van der Waals surface area contributed by atoms with Crippen LogP contribution in [0.3, 0.4) is 0 Å². The third-order valence-electron chi connectivity index (χ3n) is 4.83. The molecule has 1 aliphatic heterocycles. The largest absolute Gasteiger partial charge is 0.379 e. The molecule has 5 heteroatoms. The van der Waals surface area contributed by atoms with E-state index >= 15 is 0 Å². The average Bonchev–Trinajstić information content (AvgIpc) is 3.17. The van der Waals surface area contributed by atoms with E-state index in [9.17, 15) is 0 Å². The van der Waals surface area contributed by atoms with Gasteiger partial charge >= 0.3 is 0 Å². The van der Waals surface area contributed by atoms with Crippen LogP contribution in [0.5, 0.6) is 0 Å². The fraction of sp³-hybridized carbons (Fsp3) is 0.667. The summed E-state index contributed by atoms with van der Waals surface area (Å²) < 4.78 is 11.3. The monoisotopic (exact) mass is 361 g/mol. The Bertz CT molecular complexity index is 513. The molecule has 1 fully saturated rings. The molecule has 0 bridgehead atoms. The van der Waals surface area contributed by atoms with E-state index in [4.69, 9.17) is 9.47 Å².